The largest absolute Gasteiger partial charge is 0.447 e. The lowest BCUT2D eigenvalue weighted by Gasteiger charge is -2.28. The van der Waals surface area contributed by atoms with Gasteiger partial charge in [0.05, 0.1) is 16.8 Å². The molecule has 19 heteroatoms. The molecule has 2 aromatic carbocycles. The van der Waals surface area contributed by atoms with Crippen LogP contribution in [-0.2, 0) is 14.8 Å². The van der Waals surface area contributed by atoms with E-state index < -0.39 is 47.6 Å². The van der Waals surface area contributed by atoms with E-state index in [1.54, 1.807) is 59.4 Å². The van der Waals surface area contributed by atoms with Gasteiger partial charge in [-0.2, -0.15) is 23.4 Å². The lowest BCUT2D eigenvalue weighted by Crippen LogP contribution is -2.48. The number of hydrogen-bond donors (Lipinski definition) is 4. The summed E-state index contributed by atoms with van der Waals surface area (Å²) < 4.78 is 47.6. The van der Waals surface area contributed by atoms with Crippen LogP contribution in [0, 0.1) is 5.41 Å². The summed E-state index contributed by atoms with van der Waals surface area (Å²) in [5.41, 5.74) is 0.704. The monoisotopic (exact) mass is 663 g/mol. The molecule has 4 aromatic rings. The Hall–Kier alpha value is -4.73. The van der Waals surface area contributed by atoms with Crippen LogP contribution in [0.2, 0.25) is 5.02 Å². The molecule has 2 aromatic heterocycles. The second-order valence-corrected chi connectivity index (χ2v) is 12.9. The van der Waals surface area contributed by atoms with Crippen molar-refractivity contribution < 1.29 is 27.5 Å². The zero-order chi connectivity index (χ0) is 33.7. The molecule has 1 aliphatic heterocycles. The molecule has 2 atom stereocenters. The Morgan fingerprint density at radius 1 is 1.17 bits per heavy atom. The summed E-state index contributed by atoms with van der Waals surface area (Å²) in [5, 5.41) is 24.6. The Morgan fingerprint density at radius 3 is 2.51 bits per heavy atom. The smallest absolute Gasteiger partial charge is 0.411 e. The molecule has 0 radical (unpaired) electrons. The number of nitrogens with zero attached hydrogens (tertiary/aromatic N) is 5. The highest BCUT2D eigenvalue weighted by atomic mass is 35.5. The summed E-state index contributed by atoms with van der Waals surface area (Å²) in [6.45, 7) is -0.561. The highest BCUT2D eigenvalue weighted by molar-refractivity contribution is 6.56. The number of carbonyl (C=O) groups is 2. The van der Waals surface area contributed by atoms with Crippen molar-refractivity contribution in [3.8, 4) is 22.6 Å². The zero-order valence-electron chi connectivity index (χ0n) is 25.5. The van der Waals surface area contributed by atoms with E-state index in [4.69, 9.17) is 21.7 Å². The van der Waals surface area contributed by atoms with Crippen LogP contribution in [0.15, 0.2) is 61.1 Å². The van der Waals surface area contributed by atoms with E-state index in [1.165, 1.54) is 6.33 Å². The molecule has 2 amide bonds. The minimum atomic E-state index is -4.64. The maximum Gasteiger partial charge on any atom is 0.411 e. The van der Waals surface area contributed by atoms with Crippen LogP contribution in [-0.4, -0.2) is 89.7 Å². The van der Waals surface area contributed by atoms with E-state index in [9.17, 15) is 22.8 Å². The number of hydrogen-bond acceptors (Lipinski definition) is 7. The fraction of sp³-hybridized carbons (Fsp3) is 0.286. The number of rotatable bonds is 9. The first-order valence-corrected chi connectivity index (χ1v) is 15.1. The number of nitrogens with one attached hydrogen (secondary N) is 4. The fourth-order valence-corrected chi connectivity index (χ4v) is 5.67. The Balaban J connectivity index is 1.32. The van der Waals surface area contributed by atoms with Crippen molar-refractivity contribution in [2.24, 2.45) is 0 Å². The first-order valence-electron chi connectivity index (χ1n) is 14.7. The lowest BCUT2D eigenvalue weighted by atomic mass is 9.49. The van der Waals surface area contributed by atoms with Crippen LogP contribution in [0.5, 0.6) is 0 Å². The number of halogens is 4. The number of H-pyrrole nitrogens is 1. The molecule has 4 N–H and O–H groups in total. The van der Waals surface area contributed by atoms with Crippen molar-refractivity contribution in [3.63, 3.8) is 0 Å². The molecule has 0 spiro atoms. The number of amides is 2. The molecule has 0 unspecified atom stereocenters. The summed E-state index contributed by atoms with van der Waals surface area (Å²) in [7, 11) is 5.80. The molecule has 6 rings (SSSR count). The van der Waals surface area contributed by atoms with Gasteiger partial charge in [-0.15, -0.1) is 0 Å². The molecule has 1 saturated carbocycles. The number of guanidine groups is 1. The van der Waals surface area contributed by atoms with Crippen LogP contribution in [0.25, 0.3) is 22.6 Å². The van der Waals surface area contributed by atoms with E-state index in [1.807, 2.05) is 28.9 Å². The van der Waals surface area contributed by atoms with Crippen molar-refractivity contribution in [2.75, 3.05) is 6.61 Å². The first kappa shape index (κ1) is 32.2. The number of alkyl carbamates (subject to hydrolysis) is 1. The molecule has 12 nitrogen and oxygen atoms in total. The number of alkyl halides is 3. The summed E-state index contributed by atoms with van der Waals surface area (Å²) in [6.07, 6.45) is -3.45. The Bertz CT molecular complexity index is 1830. The van der Waals surface area contributed by atoms with Crippen LogP contribution in [0.1, 0.15) is 36.1 Å². The zero-order valence-corrected chi connectivity index (χ0v) is 26.3. The Labute approximate surface area is 274 Å². The van der Waals surface area contributed by atoms with Gasteiger partial charge in [-0.3, -0.25) is 24.9 Å². The molecular formula is C28H28B3ClF3N9O3. The molecule has 47 heavy (non-hydrogen) atoms. The minimum absolute atomic E-state index is 0.260. The van der Waals surface area contributed by atoms with Crippen LogP contribution >= 0.6 is 11.6 Å². The molecule has 2 fully saturated rings. The van der Waals surface area contributed by atoms with Crippen LogP contribution in [0.4, 0.5) is 18.0 Å². The van der Waals surface area contributed by atoms with E-state index in [-0.39, 0.29) is 18.8 Å². The van der Waals surface area contributed by atoms with Crippen molar-refractivity contribution in [1.82, 2.24) is 40.5 Å². The molecule has 0 bridgehead atoms. The molecule has 1 saturated heterocycles. The highest BCUT2D eigenvalue weighted by Gasteiger charge is 2.64. The molecule has 2 aliphatic rings. The third-order valence-electron chi connectivity index (χ3n) is 8.18. The number of carbonyl (C=O) groups excluding carboxylic acids is 2. The van der Waals surface area contributed by atoms with E-state index in [0.717, 1.165) is 16.2 Å². The number of benzene rings is 2. The average Bonchev–Trinajstić information content (AvgIpc) is 3.35. The van der Waals surface area contributed by atoms with E-state index in [0.29, 0.717) is 27.5 Å². The number of ether oxygens (including phenoxy) is 1. The molecule has 3 heterocycles. The van der Waals surface area contributed by atoms with Crippen LogP contribution in [0.3, 0.4) is 0 Å². The van der Waals surface area contributed by atoms with Crippen molar-refractivity contribution in [2.45, 2.75) is 41.9 Å². The van der Waals surface area contributed by atoms with Crippen molar-refractivity contribution in [1.29, 1.82) is 5.41 Å². The average molecular weight is 663 g/mol. The summed E-state index contributed by atoms with van der Waals surface area (Å²) in [5.74, 6) is -0.379. The SMILES string of the molecule is BC(B)(B)n1ncnc1-c1cc([C@@H](COC(=O)NC2(C(F)(F)F)CC2)N2C(=N)N[C@H](c3ccc(-c4ccn[nH]4)cc3)C2=O)ccc1Cl. The molecule has 1 aliphatic carbocycles. The predicted molar refractivity (Wildman–Crippen MR) is 174 cm³/mol. The summed E-state index contributed by atoms with van der Waals surface area (Å²) >= 11 is 6.61. The van der Waals surface area contributed by atoms with Gasteiger partial charge in [-0.05, 0) is 53.0 Å². The summed E-state index contributed by atoms with van der Waals surface area (Å²) in [4.78, 5) is 32.2. The standard InChI is InChI=1S/C28H28B3ClF3N9O3/c29-28(30,31)44-22(37-13-39-44)17-11-16(5-6-18(17)32)20(12-47-25(46)41-26(8-9-26)27(33,34)35)43-23(45)21(40-24(43)36)15-3-1-14(2-4-15)19-7-10-38-42-19/h1-7,10-11,13,20-21H,8-9,12,29-31H2,(H2,36,40)(H,38,42)(H,41,46)/t20-,21-/m1/s1. The van der Waals surface area contributed by atoms with Gasteiger partial charge in [0.25, 0.3) is 5.91 Å². The third-order valence-corrected chi connectivity index (χ3v) is 8.51. The Morgan fingerprint density at radius 2 is 1.89 bits per heavy atom. The number of aromatic nitrogens is 5. The predicted octanol–water partition coefficient (Wildman–Crippen LogP) is 1.43. The van der Waals surface area contributed by atoms with Gasteiger partial charge in [-0.1, -0.05) is 41.9 Å². The Kier molecular flexibility index (Phi) is 8.10. The normalized spacial score (nSPS) is 18.1. The van der Waals surface area contributed by atoms with E-state index >= 15 is 0 Å². The van der Waals surface area contributed by atoms with Gasteiger partial charge in [0, 0.05) is 11.8 Å². The van der Waals surface area contributed by atoms with Gasteiger partial charge in [0.15, 0.2) is 11.8 Å². The van der Waals surface area contributed by atoms with Gasteiger partial charge < -0.3 is 15.4 Å². The lowest BCUT2D eigenvalue weighted by molar-refractivity contribution is -0.164. The maximum atomic E-state index is 14.0. The number of aromatic amines is 1. The van der Waals surface area contributed by atoms with Gasteiger partial charge >= 0.3 is 12.3 Å². The second-order valence-electron chi connectivity index (χ2n) is 12.5. The second kappa shape index (κ2) is 11.8. The molecule has 240 valence electrons. The van der Waals surface area contributed by atoms with Crippen molar-refractivity contribution >= 4 is 53.1 Å². The maximum absolute atomic E-state index is 14.0. The van der Waals surface area contributed by atoms with E-state index in [2.05, 4.69) is 25.6 Å². The van der Waals surface area contributed by atoms with Gasteiger partial charge in [-0.25, -0.2) is 9.78 Å². The van der Waals surface area contributed by atoms with Crippen molar-refractivity contribution in [3.05, 3.63) is 77.2 Å². The minimum Gasteiger partial charge on any atom is -0.447 e. The highest BCUT2D eigenvalue weighted by Crippen LogP contribution is 2.49. The third kappa shape index (κ3) is 6.21. The summed E-state index contributed by atoms with van der Waals surface area (Å²) in [6, 6.07) is 11.6. The topological polar surface area (TPSA) is 154 Å². The molecular weight excluding hydrogens is 635 g/mol. The van der Waals surface area contributed by atoms with Gasteiger partial charge in [0.1, 0.15) is 48.1 Å². The van der Waals surface area contributed by atoms with Gasteiger partial charge in [0.2, 0.25) is 0 Å². The fourth-order valence-electron chi connectivity index (χ4n) is 5.47. The first-order chi connectivity index (χ1) is 22.2. The quantitative estimate of drug-likeness (QED) is 0.198. The van der Waals surface area contributed by atoms with Crippen LogP contribution < -0.4 is 10.6 Å².